The molecule has 14 heavy (non-hydrogen) atoms. The van der Waals surface area contributed by atoms with Gasteiger partial charge in [-0.2, -0.15) is 0 Å². The number of para-hydroxylation sites is 1. The molecule has 1 aliphatic carbocycles. The molecular formula is C12H16N2. The van der Waals surface area contributed by atoms with E-state index < -0.39 is 0 Å². The first-order valence-corrected chi connectivity index (χ1v) is 5.32. The van der Waals surface area contributed by atoms with Gasteiger partial charge in [0.15, 0.2) is 0 Å². The zero-order chi connectivity index (χ0) is 9.76. The molecule has 1 aromatic rings. The molecule has 1 aliphatic heterocycles. The van der Waals surface area contributed by atoms with Crippen LogP contribution in [-0.4, -0.2) is 6.54 Å². The minimum Gasteiger partial charge on any atom is -0.384 e. The Kier molecular flexibility index (Phi) is 1.49. The second-order valence-corrected chi connectivity index (χ2v) is 4.73. The molecule has 0 amide bonds. The van der Waals surface area contributed by atoms with Gasteiger partial charge in [-0.05, 0) is 30.9 Å². The van der Waals surface area contributed by atoms with E-state index in [-0.39, 0.29) is 6.04 Å². The Balaban J connectivity index is 2.11. The van der Waals surface area contributed by atoms with Gasteiger partial charge in [0.2, 0.25) is 0 Å². The lowest BCUT2D eigenvalue weighted by molar-refractivity contribution is 0.418. The molecule has 1 unspecified atom stereocenters. The van der Waals surface area contributed by atoms with E-state index in [1.165, 1.54) is 29.7 Å². The smallest absolute Gasteiger partial charge is 0.0418 e. The van der Waals surface area contributed by atoms with Gasteiger partial charge in [-0.25, -0.2) is 0 Å². The highest BCUT2D eigenvalue weighted by Gasteiger charge is 2.50. The first-order valence-electron chi connectivity index (χ1n) is 5.32. The Hall–Kier alpha value is -1.02. The lowest BCUT2D eigenvalue weighted by Gasteiger charge is -2.33. The summed E-state index contributed by atoms with van der Waals surface area (Å²) in [5.41, 5.74) is 10.6. The Morgan fingerprint density at radius 1 is 1.43 bits per heavy atom. The van der Waals surface area contributed by atoms with Crippen molar-refractivity contribution in [2.24, 2.45) is 11.1 Å². The first-order chi connectivity index (χ1) is 6.73. The molecule has 3 N–H and O–H groups in total. The van der Waals surface area contributed by atoms with Crippen molar-refractivity contribution in [1.82, 2.24) is 0 Å². The maximum Gasteiger partial charge on any atom is 0.0418 e. The highest BCUT2D eigenvalue weighted by Crippen LogP contribution is 2.57. The summed E-state index contributed by atoms with van der Waals surface area (Å²) in [6.07, 6.45) is 2.57. The summed E-state index contributed by atoms with van der Waals surface area (Å²) in [6, 6.07) is 6.67. The van der Waals surface area contributed by atoms with Gasteiger partial charge in [0.25, 0.3) is 0 Å². The van der Waals surface area contributed by atoms with Crippen molar-refractivity contribution in [3.05, 3.63) is 29.3 Å². The lowest BCUT2D eigenvalue weighted by atomic mass is 9.85. The third-order valence-electron chi connectivity index (χ3n) is 3.81. The van der Waals surface area contributed by atoms with Crippen LogP contribution in [0.25, 0.3) is 0 Å². The Morgan fingerprint density at radius 2 is 2.21 bits per heavy atom. The number of rotatable bonds is 0. The fourth-order valence-electron chi connectivity index (χ4n) is 2.54. The third-order valence-corrected chi connectivity index (χ3v) is 3.81. The van der Waals surface area contributed by atoms with E-state index in [0.29, 0.717) is 5.41 Å². The van der Waals surface area contributed by atoms with Crippen LogP contribution in [0.4, 0.5) is 5.69 Å². The molecule has 1 spiro atoms. The van der Waals surface area contributed by atoms with Crippen molar-refractivity contribution < 1.29 is 0 Å². The van der Waals surface area contributed by atoms with Gasteiger partial charge < -0.3 is 11.1 Å². The van der Waals surface area contributed by atoms with Crippen molar-refractivity contribution in [3.8, 4) is 0 Å². The number of fused-ring (bicyclic) bond motifs is 1. The van der Waals surface area contributed by atoms with Crippen LogP contribution in [-0.2, 0) is 0 Å². The summed E-state index contributed by atoms with van der Waals surface area (Å²) < 4.78 is 0. The maximum absolute atomic E-state index is 6.32. The fourth-order valence-corrected chi connectivity index (χ4v) is 2.54. The molecule has 1 aromatic carbocycles. The fraction of sp³-hybridized carbons (Fsp3) is 0.500. The van der Waals surface area contributed by atoms with E-state index in [0.717, 1.165) is 6.54 Å². The van der Waals surface area contributed by atoms with Gasteiger partial charge in [-0.15, -0.1) is 0 Å². The van der Waals surface area contributed by atoms with Gasteiger partial charge in [0.05, 0.1) is 0 Å². The second kappa shape index (κ2) is 2.51. The largest absolute Gasteiger partial charge is 0.384 e. The predicted molar refractivity (Wildman–Crippen MR) is 58.3 cm³/mol. The first kappa shape index (κ1) is 8.30. The standard InChI is InChI=1S/C12H16N2/c1-8-3-2-4-9-10(8)14-7-12(5-6-12)11(9)13/h2-4,11,14H,5-7,13H2,1H3. The average Bonchev–Trinajstić information content (AvgIpc) is 2.94. The van der Waals surface area contributed by atoms with Crippen LogP contribution >= 0.6 is 0 Å². The summed E-state index contributed by atoms with van der Waals surface area (Å²) in [5, 5.41) is 3.53. The van der Waals surface area contributed by atoms with Crippen LogP contribution in [0, 0.1) is 12.3 Å². The highest BCUT2D eigenvalue weighted by atomic mass is 15.0. The zero-order valence-corrected chi connectivity index (χ0v) is 8.51. The van der Waals surface area contributed by atoms with Crippen molar-refractivity contribution in [2.75, 3.05) is 11.9 Å². The molecule has 1 heterocycles. The quantitative estimate of drug-likeness (QED) is 0.655. The van der Waals surface area contributed by atoms with Crippen molar-refractivity contribution in [3.63, 3.8) is 0 Å². The molecule has 0 aromatic heterocycles. The van der Waals surface area contributed by atoms with E-state index in [4.69, 9.17) is 5.73 Å². The zero-order valence-electron chi connectivity index (χ0n) is 8.51. The maximum atomic E-state index is 6.32. The third kappa shape index (κ3) is 0.947. The van der Waals surface area contributed by atoms with Crippen LogP contribution in [0.15, 0.2) is 18.2 Å². The van der Waals surface area contributed by atoms with E-state index in [1.807, 2.05) is 0 Å². The number of aryl methyl sites for hydroxylation is 1. The Labute approximate surface area is 84.5 Å². The minimum absolute atomic E-state index is 0.249. The van der Waals surface area contributed by atoms with Gasteiger partial charge in [0, 0.05) is 23.7 Å². The molecule has 3 rings (SSSR count). The topological polar surface area (TPSA) is 38.0 Å². The van der Waals surface area contributed by atoms with Gasteiger partial charge in [-0.3, -0.25) is 0 Å². The molecule has 2 heteroatoms. The Bertz CT molecular complexity index is 380. The predicted octanol–water partition coefficient (Wildman–Crippen LogP) is 2.20. The minimum atomic E-state index is 0.249. The van der Waals surface area contributed by atoms with Gasteiger partial charge >= 0.3 is 0 Å². The molecule has 0 saturated heterocycles. The summed E-state index contributed by atoms with van der Waals surface area (Å²) in [6.45, 7) is 3.20. The second-order valence-electron chi connectivity index (χ2n) is 4.73. The summed E-state index contributed by atoms with van der Waals surface area (Å²) in [7, 11) is 0. The van der Waals surface area contributed by atoms with E-state index in [9.17, 15) is 0 Å². The summed E-state index contributed by atoms with van der Waals surface area (Å²) >= 11 is 0. The van der Waals surface area contributed by atoms with Crippen LogP contribution < -0.4 is 11.1 Å². The van der Waals surface area contributed by atoms with Crippen molar-refractivity contribution in [1.29, 1.82) is 0 Å². The van der Waals surface area contributed by atoms with Crippen LogP contribution in [0.2, 0.25) is 0 Å². The highest BCUT2D eigenvalue weighted by molar-refractivity contribution is 5.61. The lowest BCUT2D eigenvalue weighted by Crippen LogP contribution is -2.34. The number of nitrogens with two attached hydrogens (primary N) is 1. The molecule has 74 valence electrons. The van der Waals surface area contributed by atoms with Crippen molar-refractivity contribution >= 4 is 5.69 Å². The molecule has 1 fully saturated rings. The number of benzene rings is 1. The molecular weight excluding hydrogens is 172 g/mol. The monoisotopic (exact) mass is 188 g/mol. The number of anilines is 1. The van der Waals surface area contributed by atoms with Crippen LogP contribution in [0.3, 0.4) is 0 Å². The molecule has 2 nitrogen and oxygen atoms in total. The van der Waals surface area contributed by atoms with E-state index in [1.54, 1.807) is 0 Å². The summed E-state index contributed by atoms with van der Waals surface area (Å²) in [5.74, 6) is 0. The van der Waals surface area contributed by atoms with E-state index in [2.05, 4.69) is 30.4 Å². The summed E-state index contributed by atoms with van der Waals surface area (Å²) in [4.78, 5) is 0. The molecule has 0 radical (unpaired) electrons. The Morgan fingerprint density at radius 3 is 2.93 bits per heavy atom. The van der Waals surface area contributed by atoms with E-state index >= 15 is 0 Å². The number of nitrogens with one attached hydrogen (secondary N) is 1. The van der Waals surface area contributed by atoms with Gasteiger partial charge in [-0.1, -0.05) is 18.2 Å². The molecule has 2 aliphatic rings. The molecule has 1 atom stereocenters. The number of hydrogen-bond acceptors (Lipinski definition) is 2. The molecule has 0 bridgehead atoms. The number of hydrogen-bond donors (Lipinski definition) is 2. The average molecular weight is 188 g/mol. The van der Waals surface area contributed by atoms with Gasteiger partial charge in [0.1, 0.15) is 0 Å². The SMILES string of the molecule is Cc1cccc2c1NCC1(CC1)C2N. The van der Waals surface area contributed by atoms with Crippen LogP contribution in [0.1, 0.15) is 30.0 Å². The van der Waals surface area contributed by atoms with Crippen LogP contribution in [0.5, 0.6) is 0 Å². The normalized spacial score (nSPS) is 26.9. The molecule has 1 saturated carbocycles. The van der Waals surface area contributed by atoms with Crippen molar-refractivity contribution in [2.45, 2.75) is 25.8 Å².